The molecule has 0 atom stereocenters. The number of ether oxygens (including phenoxy) is 2. The van der Waals surface area contributed by atoms with Crippen LogP contribution in [0.15, 0.2) is 36.4 Å². The number of carboxylic acids is 1. The largest absolute Gasteiger partial charge is 0.478 e. The van der Waals surface area contributed by atoms with E-state index >= 15 is 0 Å². The number of aryl methyl sites for hydroxylation is 1. The minimum absolute atomic E-state index is 0.0179. The maximum Gasteiger partial charge on any atom is 0.336 e. The van der Waals surface area contributed by atoms with Crippen molar-refractivity contribution in [2.45, 2.75) is 13.5 Å². The van der Waals surface area contributed by atoms with Gasteiger partial charge in [-0.05, 0) is 42.8 Å². The van der Waals surface area contributed by atoms with Crippen molar-refractivity contribution in [3.63, 3.8) is 0 Å². The van der Waals surface area contributed by atoms with E-state index in [4.69, 9.17) is 14.6 Å². The predicted molar refractivity (Wildman–Crippen MR) is 94.0 cm³/mol. The number of hydrogen-bond acceptors (Lipinski definition) is 4. The zero-order chi connectivity index (χ0) is 19.1. The van der Waals surface area contributed by atoms with Gasteiger partial charge in [-0.1, -0.05) is 6.07 Å². The van der Waals surface area contributed by atoms with Crippen LogP contribution in [0.3, 0.4) is 0 Å². The van der Waals surface area contributed by atoms with Gasteiger partial charge in [-0.25, -0.2) is 9.18 Å². The second kappa shape index (κ2) is 9.07. The van der Waals surface area contributed by atoms with Gasteiger partial charge >= 0.3 is 5.97 Å². The van der Waals surface area contributed by atoms with Crippen LogP contribution in [0.1, 0.15) is 31.8 Å². The number of aromatic carboxylic acids is 1. The second-order valence-corrected chi connectivity index (χ2v) is 5.64. The average Bonchev–Trinajstić information content (AvgIpc) is 2.61. The van der Waals surface area contributed by atoms with E-state index in [0.29, 0.717) is 24.5 Å². The van der Waals surface area contributed by atoms with Crippen LogP contribution in [0.5, 0.6) is 0 Å². The quantitative estimate of drug-likeness (QED) is 0.705. The lowest BCUT2D eigenvalue weighted by molar-refractivity contribution is 0.0604. The van der Waals surface area contributed by atoms with Gasteiger partial charge in [0.15, 0.2) is 0 Å². The monoisotopic (exact) mass is 361 g/mol. The first-order chi connectivity index (χ1) is 12.4. The SMILES string of the molecule is COCCOCc1cc(C(=O)Nc2ccc(C)c(C(=O)O)c2)ccc1F. The van der Waals surface area contributed by atoms with Crippen LogP contribution in [0.25, 0.3) is 0 Å². The van der Waals surface area contributed by atoms with Gasteiger partial charge in [0.05, 0.1) is 25.4 Å². The minimum atomic E-state index is -1.07. The van der Waals surface area contributed by atoms with Crippen molar-refractivity contribution in [1.29, 1.82) is 0 Å². The van der Waals surface area contributed by atoms with Gasteiger partial charge in [-0.15, -0.1) is 0 Å². The molecule has 0 saturated heterocycles. The van der Waals surface area contributed by atoms with Crippen molar-refractivity contribution in [2.24, 2.45) is 0 Å². The highest BCUT2D eigenvalue weighted by molar-refractivity contribution is 6.05. The van der Waals surface area contributed by atoms with Crippen LogP contribution in [0.2, 0.25) is 0 Å². The lowest BCUT2D eigenvalue weighted by Crippen LogP contribution is -2.14. The van der Waals surface area contributed by atoms with E-state index in [1.165, 1.54) is 31.4 Å². The van der Waals surface area contributed by atoms with Gasteiger partial charge in [0, 0.05) is 23.9 Å². The first-order valence-corrected chi connectivity index (χ1v) is 7.92. The fraction of sp³-hybridized carbons (Fsp3) is 0.263. The standard InChI is InChI=1S/C19H20FNO5/c1-12-3-5-15(10-16(12)19(23)24)21-18(22)13-4-6-17(20)14(9-13)11-26-8-7-25-2/h3-6,9-10H,7-8,11H2,1-2H3,(H,21,22)(H,23,24). The van der Waals surface area contributed by atoms with Crippen molar-refractivity contribution in [1.82, 2.24) is 0 Å². The fourth-order valence-electron chi connectivity index (χ4n) is 2.28. The Labute approximate surface area is 150 Å². The van der Waals surface area contributed by atoms with Crippen LogP contribution in [-0.2, 0) is 16.1 Å². The molecule has 2 rings (SSSR count). The van der Waals surface area contributed by atoms with Gasteiger partial charge in [0.1, 0.15) is 5.82 Å². The van der Waals surface area contributed by atoms with E-state index in [0.717, 1.165) is 0 Å². The zero-order valence-electron chi connectivity index (χ0n) is 14.5. The Morgan fingerprint density at radius 1 is 1.15 bits per heavy atom. The summed E-state index contributed by atoms with van der Waals surface area (Å²) >= 11 is 0. The number of carbonyl (C=O) groups excluding carboxylic acids is 1. The maximum atomic E-state index is 13.8. The molecule has 0 fully saturated rings. The van der Waals surface area contributed by atoms with E-state index in [-0.39, 0.29) is 23.3 Å². The number of carbonyl (C=O) groups is 2. The van der Waals surface area contributed by atoms with Crippen LogP contribution in [0.4, 0.5) is 10.1 Å². The number of amides is 1. The molecule has 2 aromatic rings. The topological polar surface area (TPSA) is 84.9 Å². The van der Waals surface area contributed by atoms with Gasteiger partial charge in [0.2, 0.25) is 0 Å². The van der Waals surface area contributed by atoms with E-state index in [1.54, 1.807) is 19.1 Å². The molecule has 0 saturated carbocycles. The van der Waals surface area contributed by atoms with E-state index < -0.39 is 17.7 Å². The number of carboxylic acid groups (broad SMARTS) is 1. The molecular formula is C19H20FNO5. The second-order valence-electron chi connectivity index (χ2n) is 5.64. The van der Waals surface area contributed by atoms with Crippen molar-refractivity contribution < 1.29 is 28.6 Å². The van der Waals surface area contributed by atoms with Crippen molar-refractivity contribution in [2.75, 3.05) is 25.6 Å². The molecule has 26 heavy (non-hydrogen) atoms. The Balaban J connectivity index is 2.12. The molecule has 0 aromatic heterocycles. The Kier molecular flexibility index (Phi) is 6.82. The van der Waals surface area contributed by atoms with E-state index in [9.17, 15) is 14.0 Å². The summed E-state index contributed by atoms with van der Waals surface area (Å²) in [6.07, 6.45) is 0. The molecule has 6 nitrogen and oxygen atoms in total. The smallest absolute Gasteiger partial charge is 0.336 e. The maximum absolute atomic E-state index is 13.8. The lowest BCUT2D eigenvalue weighted by atomic mass is 10.1. The number of methoxy groups -OCH3 is 1. The summed E-state index contributed by atoms with van der Waals surface area (Å²) in [5.74, 6) is -2.01. The highest BCUT2D eigenvalue weighted by Gasteiger charge is 2.13. The Hall–Kier alpha value is -2.77. The van der Waals surface area contributed by atoms with Crippen LogP contribution in [-0.4, -0.2) is 37.3 Å². The zero-order valence-corrected chi connectivity index (χ0v) is 14.5. The summed E-state index contributed by atoms with van der Waals surface area (Å²) in [5.41, 5.74) is 1.54. The van der Waals surface area contributed by atoms with Gasteiger partial charge in [0.25, 0.3) is 5.91 Å². The molecule has 0 aliphatic rings. The molecule has 0 unspecified atom stereocenters. The molecule has 138 valence electrons. The fourth-order valence-corrected chi connectivity index (χ4v) is 2.28. The molecule has 0 bridgehead atoms. The van der Waals surface area contributed by atoms with Crippen LogP contribution >= 0.6 is 0 Å². The molecule has 0 radical (unpaired) electrons. The third kappa shape index (κ3) is 5.11. The average molecular weight is 361 g/mol. The first-order valence-electron chi connectivity index (χ1n) is 7.92. The lowest BCUT2D eigenvalue weighted by Gasteiger charge is -2.10. The number of hydrogen-bond donors (Lipinski definition) is 2. The number of rotatable bonds is 8. The minimum Gasteiger partial charge on any atom is -0.478 e. The Bertz CT molecular complexity index is 807. The van der Waals surface area contributed by atoms with Gasteiger partial charge in [-0.2, -0.15) is 0 Å². The summed E-state index contributed by atoms with van der Waals surface area (Å²) < 4.78 is 24.0. The summed E-state index contributed by atoms with van der Waals surface area (Å²) in [5, 5.41) is 11.8. The summed E-state index contributed by atoms with van der Waals surface area (Å²) in [6.45, 7) is 2.39. The number of benzene rings is 2. The molecular weight excluding hydrogens is 341 g/mol. The molecule has 0 spiro atoms. The van der Waals surface area contributed by atoms with Crippen LogP contribution < -0.4 is 5.32 Å². The number of nitrogens with one attached hydrogen (secondary N) is 1. The van der Waals surface area contributed by atoms with Crippen molar-refractivity contribution in [3.8, 4) is 0 Å². The normalized spacial score (nSPS) is 10.6. The molecule has 1 amide bonds. The predicted octanol–water partition coefficient (Wildman–Crippen LogP) is 3.25. The highest BCUT2D eigenvalue weighted by Crippen LogP contribution is 2.18. The summed E-state index contributed by atoms with van der Waals surface area (Å²) in [4.78, 5) is 23.6. The first kappa shape index (κ1) is 19.6. The third-order valence-corrected chi connectivity index (χ3v) is 3.72. The number of anilines is 1. The molecule has 0 aliphatic heterocycles. The Morgan fingerprint density at radius 3 is 2.62 bits per heavy atom. The summed E-state index contributed by atoms with van der Waals surface area (Å²) in [7, 11) is 1.54. The Morgan fingerprint density at radius 2 is 1.92 bits per heavy atom. The molecule has 0 heterocycles. The van der Waals surface area contributed by atoms with E-state index in [1.807, 2.05) is 0 Å². The molecule has 7 heteroatoms. The van der Waals surface area contributed by atoms with Gasteiger partial charge < -0.3 is 19.9 Å². The summed E-state index contributed by atoms with van der Waals surface area (Å²) in [6, 6.07) is 8.56. The number of halogens is 1. The van der Waals surface area contributed by atoms with Crippen LogP contribution in [0, 0.1) is 12.7 Å². The van der Waals surface area contributed by atoms with Crippen molar-refractivity contribution in [3.05, 3.63) is 64.5 Å². The molecule has 0 aliphatic carbocycles. The molecule has 2 N–H and O–H groups in total. The molecule has 2 aromatic carbocycles. The highest BCUT2D eigenvalue weighted by atomic mass is 19.1. The van der Waals surface area contributed by atoms with E-state index in [2.05, 4.69) is 5.32 Å². The van der Waals surface area contributed by atoms with Gasteiger partial charge in [-0.3, -0.25) is 4.79 Å². The van der Waals surface area contributed by atoms with Crippen molar-refractivity contribution >= 4 is 17.6 Å². The third-order valence-electron chi connectivity index (χ3n) is 3.72.